The zero-order valence-corrected chi connectivity index (χ0v) is 32.0. The molecule has 1 saturated heterocycles. The monoisotopic (exact) mass is 801 g/mol. The minimum Gasteiger partial charge on any atom is -0.444 e. The number of aliphatic imine (C=N–C) groups is 1. The third-order valence-corrected chi connectivity index (χ3v) is 9.78. The van der Waals surface area contributed by atoms with Crippen LogP contribution in [0, 0.1) is 17.7 Å². The number of nitrogens with zero attached hydrogens (tertiary/aromatic N) is 3. The van der Waals surface area contributed by atoms with Crippen molar-refractivity contribution in [1.29, 1.82) is 0 Å². The van der Waals surface area contributed by atoms with Gasteiger partial charge in [-0.05, 0) is 88.9 Å². The number of amides is 5. The number of carbonyl (C=O) groups excluding carboxylic acids is 5. The summed E-state index contributed by atoms with van der Waals surface area (Å²) >= 11 is 0. The highest BCUT2D eigenvalue weighted by Gasteiger charge is 2.44. The molecule has 308 valence electrons. The molecular formula is C40H47F4N5O8. The number of nitrogens with one attached hydrogen (secondary N) is 2. The van der Waals surface area contributed by atoms with Crippen LogP contribution in [0.5, 0.6) is 5.75 Å². The van der Waals surface area contributed by atoms with Gasteiger partial charge in [0.05, 0.1) is 18.7 Å². The van der Waals surface area contributed by atoms with Crippen LogP contribution in [0.4, 0.5) is 27.2 Å². The van der Waals surface area contributed by atoms with Crippen molar-refractivity contribution in [2.45, 2.75) is 109 Å². The second-order valence-corrected chi connectivity index (χ2v) is 15.3. The van der Waals surface area contributed by atoms with Gasteiger partial charge in [0.15, 0.2) is 5.75 Å². The number of hydrogen-bond acceptors (Lipinski definition) is 8. The molecular weight excluding hydrogens is 754 g/mol. The van der Waals surface area contributed by atoms with Crippen LogP contribution in [0.25, 0.3) is 0 Å². The van der Waals surface area contributed by atoms with Crippen LogP contribution in [0.2, 0.25) is 0 Å². The molecule has 0 radical (unpaired) electrons. The number of allylic oxidation sites excluding steroid dienone is 2. The van der Waals surface area contributed by atoms with Crippen molar-refractivity contribution >= 4 is 36.6 Å². The molecule has 2 N–H and O–H groups in total. The van der Waals surface area contributed by atoms with Crippen molar-refractivity contribution in [3.63, 3.8) is 0 Å². The van der Waals surface area contributed by atoms with Crippen LogP contribution in [0.15, 0.2) is 59.6 Å². The Morgan fingerprint density at radius 1 is 1.02 bits per heavy atom. The molecule has 3 aliphatic rings. The SMILES string of the molecule is C=NC(=O)[C@@H]1C[C@@H](OC(=O)N2Cc3cccc(F)c3C2)CN1C(=O)[C@H](CCCCC/C=C\[C@@H]1C[C@@H]1C(=O)NOc1cccc(C(F)(F)F)c1)NC(=O)OC(C)(C)C. The molecule has 5 rings (SSSR count). The van der Waals surface area contributed by atoms with E-state index in [-0.39, 0.29) is 50.1 Å². The Bertz CT molecular complexity index is 1870. The summed E-state index contributed by atoms with van der Waals surface area (Å²) in [7, 11) is 0. The Hall–Kier alpha value is -5.48. The van der Waals surface area contributed by atoms with Crippen LogP contribution < -0.4 is 15.6 Å². The molecule has 2 aliphatic heterocycles. The predicted molar refractivity (Wildman–Crippen MR) is 198 cm³/mol. The summed E-state index contributed by atoms with van der Waals surface area (Å²) in [6.45, 7) is 8.39. The number of unbranched alkanes of at least 4 members (excludes halogenated alkanes) is 3. The molecule has 2 fully saturated rings. The van der Waals surface area contributed by atoms with Gasteiger partial charge >= 0.3 is 18.4 Å². The predicted octanol–water partition coefficient (Wildman–Crippen LogP) is 6.64. The molecule has 13 nitrogen and oxygen atoms in total. The van der Waals surface area contributed by atoms with Crippen molar-refractivity contribution in [1.82, 2.24) is 20.6 Å². The smallest absolute Gasteiger partial charge is 0.416 e. The first-order valence-electron chi connectivity index (χ1n) is 18.8. The van der Waals surface area contributed by atoms with Gasteiger partial charge in [0, 0.05) is 24.4 Å². The van der Waals surface area contributed by atoms with Crippen molar-refractivity contribution in [3.05, 3.63) is 77.1 Å². The van der Waals surface area contributed by atoms with Gasteiger partial charge in [-0.25, -0.2) is 19.0 Å². The normalized spacial score (nSPS) is 20.8. The van der Waals surface area contributed by atoms with Gasteiger partial charge in [-0.2, -0.15) is 18.7 Å². The van der Waals surface area contributed by atoms with Crippen molar-refractivity contribution < 1.29 is 55.8 Å². The largest absolute Gasteiger partial charge is 0.444 e. The molecule has 1 aliphatic carbocycles. The molecule has 57 heavy (non-hydrogen) atoms. The summed E-state index contributed by atoms with van der Waals surface area (Å²) in [6.07, 6.45) is 0.204. The summed E-state index contributed by atoms with van der Waals surface area (Å²) < 4.78 is 64.2. The first-order chi connectivity index (χ1) is 26.9. The van der Waals surface area contributed by atoms with Crippen molar-refractivity contribution in [3.8, 4) is 5.75 Å². The van der Waals surface area contributed by atoms with E-state index < -0.39 is 71.3 Å². The molecule has 1 saturated carbocycles. The van der Waals surface area contributed by atoms with Crippen LogP contribution >= 0.6 is 0 Å². The fourth-order valence-electron chi connectivity index (χ4n) is 6.81. The fraction of sp³-hybridized carbons (Fsp3) is 0.500. The third-order valence-electron chi connectivity index (χ3n) is 9.78. The lowest BCUT2D eigenvalue weighted by Gasteiger charge is -2.28. The number of carbonyl (C=O) groups is 5. The summed E-state index contributed by atoms with van der Waals surface area (Å²) in [4.78, 5) is 76.4. The second kappa shape index (κ2) is 18.2. The molecule has 17 heteroatoms. The quantitative estimate of drug-likeness (QED) is 0.0709. The standard InChI is InChI=1S/C40H47F4N5O8/c1-39(2,3)56-37(53)46-32(17-9-7-5-6-8-12-24-18-29(24)34(50)47-57-27-15-11-14-26(19-27)40(42,43)44)36(52)49-22-28(20-33(49)35(51)45-4)55-38(54)48-21-25-13-10-16-31(41)30(25)23-48/h8,10-16,19,24,28-29,32-33H,4-7,9,17-18,20-23H2,1-3H3,(H,46,53)(H,47,50)/b12-8-/t24-,28-,29+,32+,33+/m1/s1. The third kappa shape index (κ3) is 11.8. The van der Waals surface area contributed by atoms with Gasteiger partial charge in [0.25, 0.3) is 11.8 Å². The minimum absolute atomic E-state index is 0.0211. The van der Waals surface area contributed by atoms with Crippen LogP contribution in [0.3, 0.4) is 0 Å². The number of hydrogen-bond donors (Lipinski definition) is 2. The van der Waals surface area contributed by atoms with E-state index in [4.69, 9.17) is 14.3 Å². The van der Waals surface area contributed by atoms with E-state index in [2.05, 4.69) is 22.5 Å². The van der Waals surface area contributed by atoms with Gasteiger partial charge in [-0.15, -0.1) is 0 Å². The van der Waals surface area contributed by atoms with Gasteiger partial charge in [0.2, 0.25) is 5.91 Å². The second-order valence-electron chi connectivity index (χ2n) is 15.3. The molecule has 0 spiro atoms. The van der Waals surface area contributed by atoms with E-state index in [1.165, 1.54) is 28.0 Å². The first kappa shape index (κ1) is 42.7. The fourth-order valence-corrected chi connectivity index (χ4v) is 6.81. The zero-order valence-electron chi connectivity index (χ0n) is 32.0. The minimum atomic E-state index is -4.54. The summed E-state index contributed by atoms with van der Waals surface area (Å²) in [5, 5.41) is 2.64. The van der Waals surface area contributed by atoms with E-state index in [1.807, 2.05) is 12.2 Å². The van der Waals surface area contributed by atoms with Crippen molar-refractivity contribution in [2.24, 2.45) is 16.8 Å². The Morgan fingerprint density at radius 2 is 1.77 bits per heavy atom. The summed E-state index contributed by atoms with van der Waals surface area (Å²) in [5.41, 5.74) is 1.54. The van der Waals surface area contributed by atoms with Crippen LogP contribution in [-0.2, 0) is 43.1 Å². The Morgan fingerprint density at radius 3 is 2.47 bits per heavy atom. The highest BCUT2D eigenvalue weighted by atomic mass is 19.4. The number of benzene rings is 2. The molecule has 5 amide bonds. The zero-order chi connectivity index (χ0) is 41.5. The average Bonchev–Trinajstić information content (AvgIpc) is 3.57. The molecule has 0 aromatic heterocycles. The summed E-state index contributed by atoms with van der Waals surface area (Å²) in [5.74, 6) is -2.65. The van der Waals surface area contributed by atoms with E-state index in [0.717, 1.165) is 18.6 Å². The molecule has 0 unspecified atom stereocenters. The number of alkyl carbamates (subject to hydrolysis) is 1. The van der Waals surface area contributed by atoms with Gasteiger partial charge in [-0.3, -0.25) is 19.3 Å². The number of alkyl halides is 3. The topological polar surface area (TPSA) is 156 Å². The average molecular weight is 802 g/mol. The lowest BCUT2D eigenvalue weighted by Crippen LogP contribution is -2.52. The number of rotatable bonds is 14. The maximum absolute atomic E-state index is 14.3. The maximum atomic E-state index is 14.3. The molecule has 0 bridgehead atoms. The number of halogens is 4. The molecule has 2 aromatic rings. The molecule has 2 aromatic carbocycles. The van der Waals surface area contributed by atoms with Gasteiger partial charge in [0.1, 0.15) is 29.6 Å². The highest BCUT2D eigenvalue weighted by Crippen LogP contribution is 2.40. The lowest BCUT2D eigenvalue weighted by atomic mass is 10.0. The van der Waals surface area contributed by atoms with Gasteiger partial charge in [-0.1, -0.05) is 43.2 Å². The number of likely N-dealkylation sites (tertiary alicyclic amines) is 1. The maximum Gasteiger partial charge on any atom is 0.416 e. The van der Waals surface area contributed by atoms with E-state index in [9.17, 15) is 41.5 Å². The Balaban J connectivity index is 1.10. The van der Waals surface area contributed by atoms with Crippen molar-refractivity contribution in [2.75, 3.05) is 6.54 Å². The van der Waals surface area contributed by atoms with Gasteiger partial charge < -0.3 is 24.5 Å². The Labute approximate surface area is 327 Å². The lowest BCUT2D eigenvalue weighted by molar-refractivity contribution is -0.139. The summed E-state index contributed by atoms with van der Waals surface area (Å²) in [6, 6.07) is 6.64. The number of ether oxygens (including phenoxy) is 2. The van der Waals surface area contributed by atoms with E-state index >= 15 is 0 Å². The Kier molecular flexibility index (Phi) is 13.6. The number of hydroxylamine groups is 1. The highest BCUT2D eigenvalue weighted by molar-refractivity contribution is 5.93. The molecule has 2 heterocycles. The van der Waals surface area contributed by atoms with Crippen LogP contribution in [0.1, 0.15) is 82.4 Å². The van der Waals surface area contributed by atoms with E-state index in [0.29, 0.717) is 36.8 Å². The van der Waals surface area contributed by atoms with Crippen LogP contribution in [-0.4, -0.2) is 76.8 Å². The van der Waals surface area contributed by atoms with E-state index in [1.54, 1.807) is 32.9 Å². The first-order valence-corrected chi connectivity index (χ1v) is 18.8. The molecule has 5 atom stereocenters. The number of fused-ring (bicyclic) bond motifs is 1.